The maximum absolute atomic E-state index is 4.79. The standard InChI is InChI=1S/C18H32N4S2.HI/c1-5-19-18(20-11-10-17-13(3)21-14(4)24-17)22-15-8-7-9-16(12-15)23-6-2;/h15-16H,5-12H2,1-4H3,(H2,19,20,22);1H. The van der Waals surface area contributed by atoms with Crippen LogP contribution < -0.4 is 10.6 Å². The Balaban J connectivity index is 0.00000312. The molecule has 0 amide bonds. The van der Waals surface area contributed by atoms with Crippen LogP contribution in [0.4, 0.5) is 0 Å². The van der Waals surface area contributed by atoms with Gasteiger partial charge in [-0.25, -0.2) is 4.98 Å². The van der Waals surface area contributed by atoms with E-state index in [2.05, 4.69) is 55.1 Å². The molecule has 1 aliphatic rings. The van der Waals surface area contributed by atoms with Crippen LogP contribution >= 0.6 is 47.1 Å². The van der Waals surface area contributed by atoms with E-state index in [1.54, 1.807) is 11.3 Å². The Hall–Kier alpha value is -0.0200. The molecule has 0 saturated heterocycles. The van der Waals surface area contributed by atoms with Crippen LogP contribution in [0.1, 0.15) is 55.1 Å². The number of guanidine groups is 1. The number of rotatable bonds is 7. The average Bonchev–Trinajstić information content (AvgIpc) is 2.86. The quantitative estimate of drug-likeness (QED) is 0.331. The number of aromatic nitrogens is 1. The van der Waals surface area contributed by atoms with Crippen LogP contribution in [0.25, 0.3) is 0 Å². The van der Waals surface area contributed by atoms with Crippen LogP contribution in [0.15, 0.2) is 4.99 Å². The van der Waals surface area contributed by atoms with Gasteiger partial charge in [-0.2, -0.15) is 11.8 Å². The molecule has 1 aromatic rings. The molecule has 2 rings (SSSR count). The van der Waals surface area contributed by atoms with Crippen molar-refractivity contribution in [2.45, 2.75) is 71.1 Å². The van der Waals surface area contributed by atoms with Crippen molar-refractivity contribution < 1.29 is 0 Å². The molecule has 1 aromatic heterocycles. The molecule has 0 bridgehead atoms. The number of thiazole rings is 1. The van der Waals surface area contributed by atoms with Crippen LogP contribution in [0.2, 0.25) is 0 Å². The molecule has 2 N–H and O–H groups in total. The van der Waals surface area contributed by atoms with Gasteiger partial charge in [-0.3, -0.25) is 4.99 Å². The largest absolute Gasteiger partial charge is 0.357 e. The summed E-state index contributed by atoms with van der Waals surface area (Å²) in [6.45, 7) is 10.3. The summed E-state index contributed by atoms with van der Waals surface area (Å²) in [7, 11) is 0. The molecule has 1 heterocycles. The molecule has 0 spiro atoms. The highest BCUT2D eigenvalue weighted by Crippen LogP contribution is 2.28. The third-order valence-corrected chi connectivity index (χ3v) is 6.69. The highest BCUT2D eigenvalue weighted by atomic mass is 127. The number of nitrogens with zero attached hydrogens (tertiary/aromatic N) is 2. The fourth-order valence-corrected chi connectivity index (χ4v) is 5.35. The summed E-state index contributed by atoms with van der Waals surface area (Å²) in [6, 6.07) is 0.563. The minimum atomic E-state index is 0. The van der Waals surface area contributed by atoms with Gasteiger partial charge in [-0.15, -0.1) is 35.3 Å². The minimum absolute atomic E-state index is 0. The lowest BCUT2D eigenvalue weighted by Crippen LogP contribution is -2.45. The molecule has 7 heteroatoms. The van der Waals surface area contributed by atoms with Crippen molar-refractivity contribution in [3.8, 4) is 0 Å². The second kappa shape index (κ2) is 12.4. The Kier molecular flexibility index (Phi) is 11.4. The lowest BCUT2D eigenvalue weighted by atomic mass is 9.95. The number of thioether (sulfide) groups is 1. The Morgan fingerprint density at radius 2 is 2.12 bits per heavy atom. The maximum Gasteiger partial charge on any atom is 0.191 e. The van der Waals surface area contributed by atoms with E-state index in [1.165, 1.54) is 36.3 Å². The van der Waals surface area contributed by atoms with Gasteiger partial charge in [0.2, 0.25) is 0 Å². The smallest absolute Gasteiger partial charge is 0.191 e. The van der Waals surface area contributed by atoms with Crippen LogP contribution in [0.3, 0.4) is 0 Å². The number of aliphatic imine (C=N–C) groups is 1. The number of halogens is 1. The van der Waals surface area contributed by atoms with Gasteiger partial charge in [0.1, 0.15) is 0 Å². The zero-order chi connectivity index (χ0) is 17.4. The molecule has 4 nitrogen and oxygen atoms in total. The van der Waals surface area contributed by atoms with Gasteiger partial charge < -0.3 is 10.6 Å². The first kappa shape index (κ1) is 23.0. The molecule has 2 unspecified atom stereocenters. The minimum Gasteiger partial charge on any atom is -0.357 e. The predicted octanol–water partition coefficient (Wildman–Crippen LogP) is 4.54. The third-order valence-electron chi connectivity index (χ3n) is 4.32. The topological polar surface area (TPSA) is 49.3 Å². The molecule has 1 aliphatic carbocycles. The van der Waals surface area contributed by atoms with E-state index in [0.717, 1.165) is 41.4 Å². The Morgan fingerprint density at radius 1 is 1.32 bits per heavy atom. The first-order valence-corrected chi connectivity index (χ1v) is 11.1. The molecule has 1 saturated carbocycles. The number of aryl methyl sites for hydroxylation is 2. The molecule has 0 aliphatic heterocycles. The van der Waals surface area contributed by atoms with Gasteiger partial charge in [0.25, 0.3) is 0 Å². The highest BCUT2D eigenvalue weighted by molar-refractivity contribution is 14.0. The summed E-state index contributed by atoms with van der Waals surface area (Å²) in [5, 5.41) is 9.03. The highest BCUT2D eigenvalue weighted by Gasteiger charge is 2.22. The average molecular weight is 497 g/mol. The summed E-state index contributed by atoms with van der Waals surface area (Å²) in [4.78, 5) is 10.7. The molecular formula is C18H33IN4S2. The second-order valence-electron chi connectivity index (χ2n) is 6.34. The van der Waals surface area contributed by atoms with E-state index < -0.39 is 0 Å². The maximum atomic E-state index is 4.79. The van der Waals surface area contributed by atoms with E-state index in [0.29, 0.717) is 6.04 Å². The molecule has 1 fully saturated rings. The van der Waals surface area contributed by atoms with Crippen LogP contribution in [0.5, 0.6) is 0 Å². The summed E-state index contributed by atoms with van der Waals surface area (Å²) in [5.41, 5.74) is 1.16. The van der Waals surface area contributed by atoms with Crippen molar-refractivity contribution >= 4 is 53.0 Å². The monoisotopic (exact) mass is 496 g/mol. The Morgan fingerprint density at radius 3 is 2.76 bits per heavy atom. The van der Waals surface area contributed by atoms with Crippen molar-refractivity contribution in [1.29, 1.82) is 0 Å². The van der Waals surface area contributed by atoms with Gasteiger partial charge in [0.15, 0.2) is 5.96 Å². The summed E-state index contributed by atoms with van der Waals surface area (Å²) in [6.07, 6.45) is 6.20. The molecule has 2 atom stereocenters. The van der Waals surface area contributed by atoms with Crippen molar-refractivity contribution in [3.63, 3.8) is 0 Å². The second-order valence-corrected chi connectivity index (χ2v) is 9.20. The SMILES string of the molecule is CCNC(=NCCc1sc(C)nc1C)NC1CCCC(SCC)C1.I. The van der Waals surface area contributed by atoms with Gasteiger partial charge in [0.05, 0.1) is 10.7 Å². The van der Waals surface area contributed by atoms with Gasteiger partial charge >= 0.3 is 0 Å². The summed E-state index contributed by atoms with van der Waals surface area (Å²) >= 11 is 3.91. The third kappa shape index (κ3) is 8.03. The van der Waals surface area contributed by atoms with E-state index in [4.69, 9.17) is 4.99 Å². The molecule has 25 heavy (non-hydrogen) atoms. The number of nitrogens with one attached hydrogen (secondary N) is 2. The molecule has 0 aromatic carbocycles. The lowest BCUT2D eigenvalue weighted by Gasteiger charge is -2.30. The Labute approximate surface area is 178 Å². The first-order chi connectivity index (χ1) is 11.6. The van der Waals surface area contributed by atoms with Gasteiger partial charge in [0, 0.05) is 35.7 Å². The molecule has 0 radical (unpaired) electrons. The fraction of sp³-hybridized carbons (Fsp3) is 0.778. The van der Waals surface area contributed by atoms with Gasteiger partial charge in [-0.05, 0) is 45.8 Å². The van der Waals surface area contributed by atoms with E-state index >= 15 is 0 Å². The van der Waals surface area contributed by atoms with E-state index in [9.17, 15) is 0 Å². The van der Waals surface area contributed by atoms with Gasteiger partial charge in [-0.1, -0.05) is 13.3 Å². The van der Waals surface area contributed by atoms with Crippen molar-refractivity contribution in [1.82, 2.24) is 15.6 Å². The van der Waals surface area contributed by atoms with Crippen LogP contribution in [-0.2, 0) is 6.42 Å². The van der Waals surface area contributed by atoms with Crippen LogP contribution in [-0.4, -0.2) is 41.1 Å². The normalized spacial score (nSPS) is 20.9. The summed E-state index contributed by atoms with van der Waals surface area (Å²) < 4.78 is 0. The number of hydrogen-bond donors (Lipinski definition) is 2. The van der Waals surface area contributed by atoms with Crippen molar-refractivity contribution in [2.75, 3.05) is 18.8 Å². The Bertz CT molecular complexity index is 531. The predicted molar refractivity (Wildman–Crippen MR) is 124 cm³/mol. The van der Waals surface area contributed by atoms with E-state index in [1.807, 2.05) is 0 Å². The van der Waals surface area contributed by atoms with E-state index in [-0.39, 0.29) is 24.0 Å². The first-order valence-electron chi connectivity index (χ1n) is 9.21. The zero-order valence-electron chi connectivity index (χ0n) is 15.9. The fourth-order valence-electron chi connectivity index (χ4n) is 3.25. The summed E-state index contributed by atoms with van der Waals surface area (Å²) in [5.74, 6) is 2.20. The van der Waals surface area contributed by atoms with Crippen molar-refractivity contribution in [2.24, 2.45) is 4.99 Å². The molecular weight excluding hydrogens is 463 g/mol. The van der Waals surface area contributed by atoms with Crippen LogP contribution in [0, 0.1) is 13.8 Å². The van der Waals surface area contributed by atoms with Crippen molar-refractivity contribution in [3.05, 3.63) is 15.6 Å². The number of hydrogen-bond acceptors (Lipinski definition) is 4. The lowest BCUT2D eigenvalue weighted by molar-refractivity contribution is 0.419. The zero-order valence-corrected chi connectivity index (χ0v) is 19.9. The molecule has 144 valence electrons.